The Bertz CT molecular complexity index is 1470. The van der Waals surface area contributed by atoms with Crippen LogP contribution in [0.1, 0.15) is 21.5 Å². The van der Waals surface area contributed by atoms with E-state index in [-0.39, 0.29) is 11.6 Å². The minimum Gasteiger partial charge on any atom is -0.360 e. The van der Waals surface area contributed by atoms with Gasteiger partial charge in [0.15, 0.2) is 0 Å². The van der Waals surface area contributed by atoms with Gasteiger partial charge in [-0.25, -0.2) is 0 Å². The van der Waals surface area contributed by atoms with Gasteiger partial charge < -0.3 is 10.3 Å². The van der Waals surface area contributed by atoms with Crippen LogP contribution in [0.2, 0.25) is 0 Å². The van der Waals surface area contributed by atoms with Crippen molar-refractivity contribution >= 4 is 22.5 Å². The molecule has 0 aliphatic carbocycles. The van der Waals surface area contributed by atoms with Crippen LogP contribution in [-0.2, 0) is 13.1 Å². The first-order valence-electron chi connectivity index (χ1n) is 10.8. The largest absolute Gasteiger partial charge is 0.360 e. The SMILES string of the molecule is O=C(NCc1ccccc1-c1ccc(Cn2cccn2)cc1)c1c[nH]c2ccc([N+](=O)[O-])cc12. The molecule has 3 aromatic carbocycles. The summed E-state index contributed by atoms with van der Waals surface area (Å²) in [6.07, 6.45) is 5.27. The fraction of sp³-hybridized carbons (Fsp3) is 0.0769. The number of nitrogens with zero attached hydrogens (tertiary/aromatic N) is 3. The number of hydrogen-bond donors (Lipinski definition) is 2. The molecule has 2 aromatic heterocycles. The molecule has 168 valence electrons. The van der Waals surface area contributed by atoms with Crippen molar-refractivity contribution in [3.8, 4) is 11.1 Å². The van der Waals surface area contributed by atoms with Gasteiger partial charge in [0.1, 0.15) is 0 Å². The molecule has 0 aliphatic heterocycles. The van der Waals surface area contributed by atoms with E-state index in [0.29, 0.717) is 29.6 Å². The van der Waals surface area contributed by atoms with Gasteiger partial charge in [-0.15, -0.1) is 0 Å². The normalized spacial score (nSPS) is 10.9. The number of carbonyl (C=O) groups excluding carboxylic acids is 1. The zero-order valence-corrected chi connectivity index (χ0v) is 18.1. The second-order valence-electron chi connectivity index (χ2n) is 7.93. The highest BCUT2D eigenvalue weighted by Gasteiger charge is 2.16. The van der Waals surface area contributed by atoms with Gasteiger partial charge in [0.2, 0.25) is 0 Å². The Kier molecular flexibility index (Phi) is 5.61. The highest BCUT2D eigenvalue weighted by Crippen LogP contribution is 2.26. The third-order valence-electron chi connectivity index (χ3n) is 5.75. The number of aromatic amines is 1. The molecule has 0 fully saturated rings. The van der Waals surface area contributed by atoms with E-state index >= 15 is 0 Å². The van der Waals surface area contributed by atoms with E-state index < -0.39 is 4.92 Å². The van der Waals surface area contributed by atoms with Crippen molar-refractivity contribution in [3.63, 3.8) is 0 Å². The van der Waals surface area contributed by atoms with E-state index in [4.69, 9.17) is 0 Å². The molecule has 0 unspecified atom stereocenters. The van der Waals surface area contributed by atoms with Gasteiger partial charge in [-0.3, -0.25) is 19.6 Å². The van der Waals surface area contributed by atoms with Gasteiger partial charge in [0.05, 0.1) is 17.0 Å². The Hall–Kier alpha value is -4.72. The average molecular weight is 451 g/mol. The lowest BCUT2D eigenvalue weighted by atomic mass is 9.98. The molecule has 5 aromatic rings. The molecule has 0 atom stereocenters. The minimum absolute atomic E-state index is 0.0532. The standard InChI is InChI=1S/C26H21N5O3/c32-26(24-16-27-25-11-10-21(31(33)34)14-23(24)25)28-15-20-4-1-2-5-22(20)19-8-6-18(7-9-19)17-30-13-3-12-29-30/h1-14,16,27H,15,17H2,(H,28,32). The number of benzene rings is 3. The fourth-order valence-electron chi connectivity index (χ4n) is 4.01. The third-order valence-corrected chi connectivity index (χ3v) is 5.75. The summed E-state index contributed by atoms with van der Waals surface area (Å²) in [6, 6.07) is 22.5. The van der Waals surface area contributed by atoms with Crippen molar-refractivity contribution in [2.24, 2.45) is 0 Å². The molecule has 0 spiro atoms. The van der Waals surface area contributed by atoms with E-state index in [2.05, 4.69) is 39.7 Å². The van der Waals surface area contributed by atoms with Gasteiger partial charge in [-0.05, 0) is 34.4 Å². The highest BCUT2D eigenvalue weighted by atomic mass is 16.6. The lowest BCUT2D eigenvalue weighted by Crippen LogP contribution is -2.22. The van der Waals surface area contributed by atoms with Crippen LogP contribution >= 0.6 is 0 Å². The van der Waals surface area contributed by atoms with Crippen LogP contribution in [0, 0.1) is 10.1 Å². The summed E-state index contributed by atoms with van der Waals surface area (Å²) in [7, 11) is 0. The summed E-state index contributed by atoms with van der Waals surface area (Å²) in [4.78, 5) is 26.6. The second-order valence-corrected chi connectivity index (χ2v) is 7.93. The molecule has 0 radical (unpaired) electrons. The van der Waals surface area contributed by atoms with E-state index in [9.17, 15) is 14.9 Å². The quantitative estimate of drug-likeness (QED) is 0.271. The number of H-pyrrole nitrogens is 1. The number of fused-ring (bicyclic) bond motifs is 1. The maximum absolute atomic E-state index is 12.9. The number of carbonyl (C=O) groups is 1. The van der Waals surface area contributed by atoms with Gasteiger partial charge in [-0.1, -0.05) is 48.5 Å². The van der Waals surface area contributed by atoms with E-state index in [1.165, 1.54) is 12.1 Å². The first-order chi connectivity index (χ1) is 16.6. The second kappa shape index (κ2) is 9.03. The van der Waals surface area contributed by atoms with Gasteiger partial charge >= 0.3 is 0 Å². The van der Waals surface area contributed by atoms with Crippen LogP contribution in [0.15, 0.2) is 91.4 Å². The van der Waals surface area contributed by atoms with Crippen LogP contribution in [-0.4, -0.2) is 25.6 Å². The number of nitro groups is 1. The molecular formula is C26H21N5O3. The summed E-state index contributed by atoms with van der Waals surface area (Å²) in [5, 5.41) is 18.8. The number of non-ortho nitro benzene ring substituents is 1. The number of amides is 1. The predicted octanol–water partition coefficient (Wildman–Crippen LogP) is 4.92. The van der Waals surface area contributed by atoms with Gasteiger partial charge in [0.25, 0.3) is 11.6 Å². The molecule has 8 heteroatoms. The van der Waals surface area contributed by atoms with Crippen molar-refractivity contribution in [1.29, 1.82) is 0 Å². The Morgan fingerprint density at radius 1 is 1.06 bits per heavy atom. The molecule has 1 amide bonds. The van der Waals surface area contributed by atoms with Crippen molar-refractivity contribution in [2.45, 2.75) is 13.1 Å². The fourth-order valence-corrected chi connectivity index (χ4v) is 4.01. The lowest BCUT2D eigenvalue weighted by Gasteiger charge is -2.12. The summed E-state index contributed by atoms with van der Waals surface area (Å²) in [6.45, 7) is 1.03. The molecule has 8 nitrogen and oxygen atoms in total. The topological polar surface area (TPSA) is 106 Å². The Balaban J connectivity index is 1.33. The van der Waals surface area contributed by atoms with Crippen LogP contribution in [0.5, 0.6) is 0 Å². The highest BCUT2D eigenvalue weighted by molar-refractivity contribution is 6.07. The van der Waals surface area contributed by atoms with Crippen molar-refractivity contribution in [2.75, 3.05) is 0 Å². The van der Waals surface area contributed by atoms with Crippen LogP contribution in [0.3, 0.4) is 0 Å². The van der Waals surface area contributed by atoms with Crippen LogP contribution in [0.4, 0.5) is 5.69 Å². The molecule has 0 bridgehead atoms. The van der Waals surface area contributed by atoms with Gasteiger partial charge in [0, 0.05) is 48.2 Å². The third kappa shape index (κ3) is 4.29. The number of nitro benzene ring substituents is 1. The molecule has 0 aliphatic rings. The zero-order chi connectivity index (χ0) is 23.5. The number of hydrogen-bond acceptors (Lipinski definition) is 4. The molecule has 2 heterocycles. The summed E-state index contributed by atoms with van der Waals surface area (Å²) in [5.74, 6) is -0.295. The van der Waals surface area contributed by atoms with E-state index in [1.54, 1.807) is 18.5 Å². The van der Waals surface area contributed by atoms with E-state index in [0.717, 1.165) is 22.3 Å². The van der Waals surface area contributed by atoms with Crippen LogP contribution < -0.4 is 5.32 Å². The van der Waals surface area contributed by atoms with Crippen molar-refractivity contribution in [3.05, 3.63) is 118 Å². The lowest BCUT2D eigenvalue weighted by molar-refractivity contribution is -0.384. The first kappa shape index (κ1) is 21.1. The first-order valence-corrected chi connectivity index (χ1v) is 10.8. The van der Waals surface area contributed by atoms with Crippen LogP contribution in [0.25, 0.3) is 22.0 Å². The number of aromatic nitrogens is 3. The molecule has 0 saturated carbocycles. The van der Waals surface area contributed by atoms with Crippen molar-refractivity contribution < 1.29 is 9.72 Å². The smallest absolute Gasteiger partial charge is 0.270 e. The van der Waals surface area contributed by atoms with Gasteiger partial charge in [-0.2, -0.15) is 5.10 Å². The average Bonchev–Trinajstić information content (AvgIpc) is 3.53. The minimum atomic E-state index is -0.468. The zero-order valence-electron chi connectivity index (χ0n) is 18.1. The molecule has 0 saturated heterocycles. The Labute approximate surface area is 195 Å². The maximum Gasteiger partial charge on any atom is 0.270 e. The molecule has 2 N–H and O–H groups in total. The summed E-state index contributed by atoms with van der Waals surface area (Å²) in [5.41, 5.74) is 5.20. The molecule has 34 heavy (non-hydrogen) atoms. The maximum atomic E-state index is 12.9. The summed E-state index contributed by atoms with van der Waals surface area (Å²) < 4.78 is 1.87. The summed E-state index contributed by atoms with van der Waals surface area (Å²) >= 11 is 0. The van der Waals surface area contributed by atoms with Crippen molar-refractivity contribution in [1.82, 2.24) is 20.1 Å². The number of rotatable bonds is 7. The Morgan fingerprint density at radius 3 is 2.65 bits per heavy atom. The predicted molar refractivity (Wildman–Crippen MR) is 129 cm³/mol. The van der Waals surface area contributed by atoms with E-state index in [1.807, 2.05) is 41.2 Å². The molecule has 5 rings (SSSR count). The monoisotopic (exact) mass is 451 g/mol. The molecular weight excluding hydrogens is 430 g/mol. The Morgan fingerprint density at radius 2 is 1.88 bits per heavy atom. The number of nitrogens with one attached hydrogen (secondary N) is 2.